The van der Waals surface area contributed by atoms with E-state index in [1.807, 2.05) is 0 Å². The van der Waals surface area contributed by atoms with Gasteiger partial charge in [0, 0.05) is 0 Å². The number of allylic oxidation sites excluding steroid dienone is 1. The van der Waals surface area contributed by atoms with Crippen molar-refractivity contribution in [1.82, 2.24) is 0 Å². The lowest BCUT2D eigenvalue weighted by Gasteiger charge is -2.22. The fraction of sp³-hybridized carbons (Fsp3) is 0.846. The molecule has 1 aliphatic carbocycles. The fourth-order valence-electron chi connectivity index (χ4n) is 2.63. The SMILES string of the molecule is CC1(C)CCC(CC2=CC(Cl)CCC2)O1. The van der Waals surface area contributed by atoms with Crippen molar-refractivity contribution >= 4 is 11.6 Å². The summed E-state index contributed by atoms with van der Waals surface area (Å²) in [7, 11) is 0. The lowest BCUT2D eigenvalue weighted by molar-refractivity contribution is -0.0148. The van der Waals surface area contributed by atoms with E-state index in [1.165, 1.54) is 31.3 Å². The number of hydrogen-bond donors (Lipinski definition) is 0. The highest BCUT2D eigenvalue weighted by Gasteiger charge is 2.32. The first-order valence-electron chi connectivity index (χ1n) is 6.07. The molecular formula is C13H21ClO. The summed E-state index contributed by atoms with van der Waals surface area (Å²) in [5, 5.41) is 0.267. The smallest absolute Gasteiger partial charge is 0.0631 e. The Kier molecular flexibility index (Phi) is 3.42. The lowest BCUT2D eigenvalue weighted by Crippen LogP contribution is -2.20. The Hall–Kier alpha value is -0.0100. The largest absolute Gasteiger partial charge is 0.372 e. The van der Waals surface area contributed by atoms with Gasteiger partial charge < -0.3 is 4.74 Å². The van der Waals surface area contributed by atoms with Crippen LogP contribution in [-0.4, -0.2) is 17.1 Å². The van der Waals surface area contributed by atoms with Crippen LogP contribution in [0.5, 0.6) is 0 Å². The zero-order chi connectivity index (χ0) is 10.9. The van der Waals surface area contributed by atoms with Crippen molar-refractivity contribution in [2.24, 2.45) is 0 Å². The van der Waals surface area contributed by atoms with Gasteiger partial charge in [-0.05, 0) is 52.4 Å². The van der Waals surface area contributed by atoms with Crippen molar-refractivity contribution in [3.63, 3.8) is 0 Å². The van der Waals surface area contributed by atoms with E-state index in [9.17, 15) is 0 Å². The topological polar surface area (TPSA) is 9.23 Å². The molecule has 15 heavy (non-hydrogen) atoms. The molecule has 2 heteroatoms. The van der Waals surface area contributed by atoms with E-state index >= 15 is 0 Å². The monoisotopic (exact) mass is 228 g/mol. The average Bonchev–Trinajstić information content (AvgIpc) is 2.45. The maximum absolute atomic E-state index is 6.14. The molecule has 0 amide bonds. The van der Waals surface area contributed by atoms with Crippen LogP contribution in [0.15, 0.2) is 11.6 Å². The summed E-state index contributed by atoms with van der Waals surface area (Å²) in [6, 6.07) is 0. The molecular weight excluding hydrogens is 208 g/mol. The average molecular weight is 229 g/mol. The van der Waals surface area contributed by atoms with Crippen LogP contribution in [0.2, 0.25) is 0 Å². The Labute approximate surface area is 97.8 Å². The molecule has 1 nitrogen and oxygen atoms in total. The third-order valence-corrected chi connectivity index (χ3v) is 3.78. The third-order valence-electron chi connectivity index (χ3n) is 3.44. The first-order chi connectivity index (χ1) is 7.05. The van der Waals surface area contributed by atoms with E-state index in [-0.39, 0.29) is 11.0 Å². The van der Waals surface area contributed by atoms with Crippen LogP contribution in [0.4, 0.5) is 0 Å². The van der Waals surface area contributed by atoms with Crippen LogP contribution in [-0.2, 0) is 4.74 Å². The van der Waals surface area contributed by atoms with Crippen molar-refractivity contribution in [2.75, 3.05) is 0 Å². The standard InChI is InChI=1S/C13H21ClO/c1-13(2)7-6-12(15-13)9-10-4-3-5-11(14)8-10/h8,11-12H,3-7,9H2,1-2H3. The Morgan fingerprint density at radius 1 is 1.47 bits per heavy atom. The molecule has 0 radical (unpaired) electrons. The van der Waals surface area contributed by atoms with Gasteiger partial charge >= 0.3 is 0 Å². The van der Waals surface area contributed by atoms with Crippen LogP contribution < -0.4 is 0 Å². The number of hydrogen-bond acceptors (Lipinski definition) is 1. The van der Waals surface area contributed by atoms with Crippen LogP contribution in [0.3, 0.4) is 0 Å². The van der Waals surface area contributed by atoms with Gasteiger partial charge in [-0.15, -0.1) is 11.6 Å². The van der Waals surface area contributed by atoms with E-state index in [2.05, 4.69) is 19.9 Å². The Balaban J connectivity index is 1.87. The number of ether oxygens (including phenoxy) is 1. The highest BCUT2D eigenvalue weighted by Crippen LogP contribution is 2.34. The van der Waals surface area contributed by atoms with Gasteiger partial charge in [-0.3, -0.25) is 0 Å². The zero-order valence-electron chi connectivity index (χ0n) is 9.76. The molecule has 0 saturated carbocycles. The molecule has 2 rings (SSSR count). The van der Waals surface area contributed by atoms with Crippen LogP contribution in [0, 0.1) is 0 Å². The van der Waals surface area contributed by atoms with Gasteiger partial charge in [-0.25, -0.2) is 0 Å². The molecule has 0 aromatic rings. The summed E-state index contributed by atoms with van der Waals surface area (Å²) in [6.07, 6.45) is 9.80. The minimum absolute atomic E-state index is 0.0975. The summed E-state index contributed by atoms with van der Waals surface area (Å²) in [5.41, 5.74) is 1.62. The molecule has 1 fully saturated rings. The molecule has 0 spiro atoms. The van der Waals surface area contributed by atoms with E-state index in [4.69, 9.17) is 16.3 Å². The Bertz CT molecular complexity index is 257. The first kappa shape index (κ1) is 11.5. The summed E-state index contributed by atoms with van der Waals surface area (Å²) < 4.78 is 6.00. The highest BCUT2D eigenvalue weighted by atomic mass is 35.5. The van der Waals surface area contributed by atoms with Gasteiger partial charge in [-0.1, -0.05) is 11.6 Å². The van der Waals surface area contributed by atoms with Crippen LogP contribution in [0.25, 0.3) is 0 Å². The van der Waals surface area contributed by atoms with Gasteiger partial charge in [0.1, 0.15) is 0 Å². The maximum atomic E-state index is 6.14. The zero-order valence-corrected chi connectivity index (χ0v) is 10.5. The second kappa shape index (κ2) is 4.47. The van der Waals surface area contributed by atoms with Gasteiger partial charge in [-0.2, -0.15) is 0 Å². The van der Waals surface area contributed by atoms with Crippen molar-refractivity contribution < 1.29 is 4.74 Å². The van der Waals surface area contributed by atoms with E-state index in [0.717, 1.165) is 12.8 Å². The quantitative estimate of drug-likeness (QED) is 0.512. The Morgan fingerprint density at radius 3 is 2.87 bits per heavy atom. The van der Waals surface area contributed by atoms with Gasteiger partial charge in [0.2, 0.25) is 0 Å². The van der Waals surface area contributed by atoms with E-state index < -0.39 is 0 Å². The second-order valence-corrected chi connectivity index (χ2v) is 6.04. The molecule has 1 saturated heterocycles. The van der Waals surface area contributed by atoms with Crippen molar-refractivity contribution in [2.45, 2.75) is 69.5 Å². The normalized spacial score (nSPS) is 35.3. The molecule has 1 aliphatic heterocycles. The van der Waals surface area contributed by atoms with Gasteiger partial charge in [0.05, 0.1) is 17.1 Å². The minimum atomic E-state index is 0.0975. The summed E-state index contributed by atoms with van der Waals surface area (Å²) in [5.74, 6) is 0. The third kappa shape index (κ3) is 3.22. The van der Waals surface area contributed by atoms with E-state index in [0.29, 0.717) is 6.10 Å². The maximum Gasteiger partial charge on any atom is 0.0631 e. The van der Waals surface area contributed by atoms with Gasteiger partial charge in [0.15, 0.2) is 0 Å². The molecule has 0 bridgehead atoms. The number of rotatable bonds is 2. The highest BCUT2D eigenvalue weighted by molar-refractivity contribution is 6.21. The predicted octanol–water partition coefficient (Wildman–Crippen LogP) is 4.05. The molecule has 2 unspecified atom stereocenters. The number of alkyl halides is 1. The van der Waals surface area contributed by atoms with Crippen LogP contribution in [0.1, 0.15) is 52.4 Å². The molecule has 0 aromatic carbocycles. The van der Waals surface area contributed by atoms with Gasteiger partial charge in [0.25, 0.3) is 0 Å². The molecule has 2 aliphatic rings. The minimum Gasteiger partial charge on any atom is -0.372 e. The lowest BCUT2D eigenvalue weighted by atomic mass is 9.94. The van der Waals surface area contributed by atoms with Crippen LogP contribution >= 0.6 is 11.6 Å². The molecule has 86 valence electrons. The summed E-state index contributed by atoms with van der Waals surface area (Å²) in [4.78, 5) is 0. The first-order valence-corrected chi connectivity index (χ1v) is 6.50. The summed E-state index contributed by atoms with van der Waals surface area (Å²) >= 11 is 6.14. The number of halogens is 1. The second-order valence-electron chi connectivity index (χ2n) is 5.48. The predicted molar refractivity (Wildman–Crippen MR) is 64.4 cm³/mol. The summed E-state index contributed by atoms with van der Waals surface area (Å²) in [6.45, 7) is 4.37. The Morgan fingerprint density at radius 2 is 2.27 bits per heavy atom. The molecule has 2 atom stereocenters. The van der Waals surface area contributed by atoms with E-state index in [1.54, 1.807) is 0 Å². The van der Waals surface area contributed by atoms with Crippen molar-refractivity contribution in [3.05, 3.63) is 11.6 Å². The fourth-order valence-corrected chi connectivity index (χ4v) is 2.96. The van der Waals surface area contributed by atoms with Crippen molar-refractivity contribution in [3.8, 4) is 0 Å². The molecule has 0 aromatic heterocycles. The molecule has 0 N–H and O–H groups in total. The van der Waals surface area contributed by atoms with Crippen molar-refractivity contribution in [1.29, 1.82) is 0 Å². The molecule has 1 heterocycles.